The Kier molecular flexibility index (Phi) is 5.45. The largest absolute Gasteiger partial charge is 0.345 e. The van der Waals surface area contributed by atoms with Gasteiger partial charge < -0.3 is 9.80 Å². The molecule has 5 heteroatoms. The highest BCUT2D eigenvalue weighted by Crippen LogP contribution is 2.42. The molecule has 4 rings (SSSR count). The highest BCUT2D eigenvalue weighted by atomic mass is 19.1. The molecule has 0 N–H and O–H groups in total. The van der Waals surface area contributed by atoms with Gasteiger partial charge in [0.25, 0.3) is 5.91 Å². The standard InChI is InChI=1S/C24H30FN3O/c1-26(2)22-15-28(21-13-12-17-6-5-7-20(25)23(17)21)14-19(22)16-8-10-18(11-9-16)24(29)27(3)4/h5-11,19,21-22H,12-15H2,1-4H3/t19-,21?,22+/m1/s1. The maximum atomic E-state index is 14.6. The van der Waals surface area contributed by atoms with Gasteiger partial charge in [-0.25, -0.2) is 4.39 Å². The van der Waals surface area contributed by atoms with E-state index < -0.39 is 0 Å². The molecule has 154 valence electrons. The Labute approximate surface area is 172 Å². The van der Waals surface area contributed by atoms with Gasteiger partial charge in [-0.2, -0.15) is 0 Å². The Balaban J connectivity index is 1.58. The summed E-state index contributed by atoms with van der Waals surface area (Å²) in [5.74, 6) is 0.289. The van der Waals surface area contributed by atoms with Crippen LogP contribution in [0.15, 0.2) is 42.5 Å². The summed E-state index contributed by atoms with van der Waals surface area (Å²) in [7, 11) is 7.78. The number of aryl methyl sites for hydroxylation is 1. The van der Waals surface area contributed by atoms with Crippen LogP contribution < -0.4 is 0 Å². The van der Waals surface area contributed by atoms with Crippen LogP contribution in [-0.4, -0.2) is 67.9 Å². The van der Waals surface area contributed by atoms with Crippen molar-refractivity contribution in [1.82, 2.24) is 14.7 Å². The van der Waals surface area contributed by atoms with Crippen LogP contribution in [0.2, 0.25) is 0 Å². The second-order valence-corrected chi connectivity index (χ2v) is 8.78. The van der Waals surface area contributed by atoms with E-state index in [9.17, 15) is 9.18 Å². The third-order valence-corrected chi connectivity index (χ3v) is 6.58. The molecule has 29 heavy (non-hydrogen) atoms. The first-order valence-corrected chi connectivity index (χ1v) is 10.4. The molecular weight excluding hydrogens is 365 g/mol. The van der Waals surface area contributed by atoms with Crippen molar-refractivity contribution < 1.29 is 9.18 Å². The molecule has 0 aromatic heterocycles. The van der Waals surface area contributed by atoms with Crippen molar-refractivity contribution in [1.29, 1.82) is 0 Å². The number of halogens is 1. The smallest absolute Gasteiger partial charge is 0.253 e. The first kappa shape index (κ1) is 20.0. The van der Waals surface area contributed by atoms with Crippen LogP contribution in [0.3, 0.4) is 0 Å². The van der Waals surface area contributed by atoms with Crippen LogP contribution >= 0.6 is 0 Å². The number of hydrogen-bond donors (Lipinski definition) is 0. The van der Waals surface area contributed by atoms with E-state index in [1.165, 1.54) is 5.56 Å². The third kappa shape index (κ3) is 3.69. The Bertz CT molecular complexity index is 893. The van der Waals surface area contributed by atoms with Crippen LogP contribution in [0.5, 0.6) is 0 Å². The van der Waals surface area contributed by atoms with Gasteiger partial charge in [-0.15, -0.1) is 0 Å². The van der Waals surface area contributed by atoms with Crippen molar-refractivity contribution in [3.05, 3.63) is 70.5 Å². The van der Waals surface area contributed by atoms with Gasteiger partial charge in [0.1, 0.15) is 5.82 Å². The number of rotatable bonds is 4. The second-order valence-electron chi connectivity index (χ2n) is 8.78. The number of carbonyl (C=O) groups is 1. The predicted octanol–water partition coefficient (Wildman–Crippen LogP) is 3.54. The molecule has 1 saturated heterocycles. The van der Waals surface area contributed by atoms with Crippen molar-refractivity contribution in [3.8, 4) is 0 Å². The monoisotopic (exact) mass is 395 g/mol. The lowest BCUT2D eigenvalue weighted by molar-refractivity contribution is 0.0827. The van der Waals surface area contributed by atoms with Gasteiger partial charge in [-0.1, -0.05) is 24.3 Å². The summed E-state index contributed by atoms with van der Waals surface area (Å²) >= 11 is 0. The van der Waals surface area contributed by atoms with Gasteiger partial charge in [0.15, 0.2) is 0 Å². The fourth-order valence-corrected chi connectivity index (χ4v) is 5.03. The molecule has 0 saturated carbocycles. The molecule has 1 unspecified atom stereocenters. The summed E-state index contributed by atoms with van der Waals surface area (Å²) < 4.78 is 14.6. The molecule has 1 aliphatic heterocycles. The first-order chi connectivity index (χ1) is 13.9. The second kappa shape index (κ2) is 7.88. The van der Waals surface area contributed by atoms with Gasteiger partial charge in [0.2, 0.25) is 0 Å². The average Bonchev–Trinajstić information content (AvgIpc) is 3.32. The molecule has 2 aliphatic rings. The van der Waals surface area contributed by atoms with Crippen LogP contribution in [0.4, 0.5) is 4.39 Å². The Morgan fingerprint density at radius 1 is 1.03 bits per heavy atom. The molecule has 2 aromatic rings. The van der Waals surface area contributed by atoms with E-state index in [1.807, 2.05) is 18.2 Å². The number of nitrogens with zero attached hydrogens (tertiary/aromatic N) is 3. The quantitative estimate of drug-likeness (QED) is 0.792. The van der Waals surface area contributed by atoms with Crippen molar-refractivity contribution in [2.24, 2.45) is 0 Å². The summed E-state index contributed by atoms with van der Waals surface area (Å²) in [4.78, 5) is 18.5. The fourth-order valence-electron chi connectivity index (χ4n) is 5.03. The van der Waals surface area contributed by atoms with Crippen LogP contribution in [0, 0.1) is 5.82 Å². The average molecular weight is 396 g/mol. The lowest BCUT2D eigenvalue weighted by atomic mass is 9.93. The van der Waals surface area contributed by atoms with Gasteiger partial charge >= 0.3 is 0 Å². The third-order valence-electron chi connectivity index (χ3n) is 6.58. The topological polar surface area (TPSA) is 26.8 Å². The minimum atomic E-state index is -0.0681. The maximum Gasteiger partial charge on any atom is 0.253 e. The number of benzene rings is 2. The normalized spacial score (nSPS) is 24.1. The summed E-state index contributed by atoms with van der Waals surface area (Å²) in [5.41, 5.74) is 4.01. The molecule has 4 nitrogen and oxygen atoms in total. The highest BCUT2D eigenvalue weighted by molar-refractivity contribution is 5.93. The van der Waals surface area contributed by atoms with Gasteiger partial charge in [-0.05, 0) is 56.3 Å². The SMILES string of the molecule is CN(C)C(=O)c1ccc([C@H]2CN(C3CCc4cccc(F)c43)C[C@@H]2N(C)C)cc1. The minimum absolute atomic E-state index is 0.0202. The van der Waals surface area contributed by atoms with Crippen molar-refractivity contribution in [2.75, 3.05) is 41.3 Å². The zero-order valence-corrected chi connectivity index (χ0v) is 17.7. The number of carbonyl (C=O) groups excluding carboxylic acids is 1. The number of likely N-dealkylation sites (tertiary alicyclic amines) is 1. The van der Waals surface area contributed by atoms with Crippen LogP contribution in [0.25, 0.3) is 0 Å². The van der Waals surface area contributed by atoms with E-state index >= 15 is 0 Å². The highest BCUT2D eigenvalue weighted by Gasteiger charge is 2.41. The van der Waals surface area contributed by atoms with Crippen molar-refractivity contribution >= 4 is 5.91 Å². The zero-order valence-electron chi connectivity index (χ0n) is 17.7. The summed E-state index contributed by atoms with van der Waals surface area (Å²) in [6, 6.07) is 14.0. The molecule has 1 amide bonds. The van der Waals surface area contributed by atoms with Crippen molar-refractivity contribution in [3.63, 3.8) is 0 Å². The fraction of sp³-hybridized carbons (Fsp3) is 0.458. The molecular formula is C24H30FN3O. The molecule has 0 radical (unpaired) electrons. The summed E-state index contributed by atoms with van der Waals surface area (Å²) in [5, 5.41) is 0. The predicted molar refractivity (Wildman–Crippen MR) is 114 cm³/mol. The van der Waals surface area contributed by atoms with Gasteiger partial charge in [0.05, 0.1) is 0 Å². The van der Waals surface area contributed by atoms with Gasteiger partial charge in [-0.3, -0.25) is 9.69 Å². The van der Waals surface area contributed by atoms with Crippen molar-refractivity contribution in [2.45, 2.75) is 30.8 Å². The van der Waals surface area contributed by atoms with E-state index in [2.05, 4.69) is 42.1 Å². The Morgan fingerprint density at radius 2 is 1.76 bits per heavy atom. The van der Waals surface area contributed by atoms with E-state index in [-0.39, 0.29) is 17.8 Å². The molecule has 1 fully saturated rings. The number of likely N-dealkylation sites (N-methyl/N-ethyl adjacent to an activating group) is 1. The summed E-state index contributed by atoms with van der Waals surface area (Å²) in [6.45, 7) is 1.83. The number of fused-ring (bicyclic) bond motifs is 1. The molecule has 1 heterocycles. The molecule has 0 bridgehead atoms. The molecule has 2 aromatic carbocycles. The lowest BCUT2D eigenvalue weighted by Gasteiger charge is -2.26. The first-order valence-electron chi connectivity index (χ1n) is 10.4. The summed E-state index contributed by atoms with van der Waals surface area (Å²) in [6.07, 6.45) is 1.94. The minimum Gasteiger partial charge on any atom is -0.345 e. The number of amides is 1. The Hall–Kier alpha value is -2.24. The van der Waals surface area contributed by atoms with E-state index in [4.69, 9.17) is 0 Å². The molecule has 0 spiro atoms. The zero-order chi connectivity index (χ0) is 20.7. The van der Waals surface area contributed by atoms with Gasteiger partial charge in [0, 0.05) is 56.3 Å². The van der Waals surface area contributed by atoms with Crippen LogP contribution in [-0.2, 0) is 6.42 Å². The Morgan fingerprint density at radius 3 is 2.41 bits per heavy atom. The maximum absolute atomic E-state index is 14.6. The van der Waals surface area contributed by atoms with E-state index in [1.54, 1.807) is 25.1 Å². The molecule has 3 atom stereocenters. The molecule has 1 aliphatic carbocycles. The van der Waals surface area contributed by atoms with E-state index in [0.717, 1.165) is 37.1 Å². The van der Waals surface area contributed by atoms with Crippen LogP contribution in [0.1, 0.15) is 45.4 Å². The number of hydrogen-bond acceptors (Lipinski definition) is 3. The van der Waals surface area contributed by atoms with E-state index in [0.29, 0.717) is 17.5 Å². The lowest BCUT2D eigenvalue weighted by Crippen LogP contribution is -2.35.